The van der Waals surface area contributed by atoms with E-state index in [1.54, 1.807) is 14.2 Å². The number of methoxy groups -OCH3 is 1. The lowest BCUT2D eigenvalue weighted by Gasteiger charge is -2.19. The van der Waals surface area contributed by atoms with E-state index >= 15 is 0 Å². The molecule has 0 atom stereocenters. The van der Waals surface area contributed by atoms with Gasteiger partial charge >= 0.3 is 0 Å². The number of nitrogens with one attached hydrogen (secondary N) is 2. The van der Waals surface area contributed by atoms with Crippen LogP contribution in [0.2, 0.25) is 0 Å². The lowest BCUT2D eigenvalue weighted by Crippen LogP contribution is -2.37. The van der Waals surface area contributed by atoms with Crippen molar-refractivity contribution in [2.24, 2.45) is 4.99 Å². The summed E-state index contributed by atoms with van der Waals surface area (Å²) in [6, 6.07) is 10.5. The first-order chi connectivity index (χ1) is 13.6. The molecule has 2 N–H and O–H groups in total. The molecule has 0 aliphatic rings. The zero-order valence-corrected chi connectivity index (χ0v) is 20.5. The fourth-order valence-electron chi connectivity index (χ4n) is 3.01. The maximum Gasteiger partial charge on any atom is 0.191 e. The highest BCUT2D eigenvalue weighted by molar-refractivity contribution is 14.0. The van der Waals surface area contributed by atoms with Gasteiger partial charge in [-0.3, -0.25) is 4.99 Å². The molecular formula is C22H34IN5O. The van der Waals surface area contributed by atoms with E-state index in [0.29, 0.717) is 6.54 Å². The van der Waals surface area contributed by atoms with Gasteiger partial charge in [-0.25, -0.2) is 4.98 Å². The third-order valence-corrected chi connectivity index (χ3v) is 4.76. The Balaban J connectivity index is 0.00000420. The lowest BCUT2D eigenvalue weighted by molar-refractivity contribution is 0.411. The average molecular weight is 511 g/mol. The monoisotopic (exact) mass is 511 g/mol. The minimum absolute atomic E-state index is 0. The summed E-state index contributed by atoms with van der Waals surface area (Å²) >= 11 is 0. The second kappa shape index (κ2) is 13.2. The largest absolute Gasteiger partial charge is 0.496 e. The number of halogens is 1. The molecule has 0 spiro atoms. The van der Waals surface area contributed by atoms with Crippen LogP contribution in [0.1, 0.15) is 30.5 Å². The number of benzene rings is 1. The van der Waals surface area contributed by atoms with Crippen LogP contribution >= 0.6 is 24.0 Å². The van der Waals surface area contributed by atoms with Gasteiger partial charge in [-0.1, -0.05) is 18.2 Å². The summed E-state index contributed by atoms with van der Waals surface area (Å²) in [6.45, 7) is 9.74. The van der Waals surface area contributed by atoms with Crippen LogP contribution in [0.15, 0.2) is 41.5 Å². The molecule has 2 rings (SSSR count). The van der Waals surface area contributed by atoms with Crippen molar-refractivity contribution >= 4 is 35.8 Å². The van der Waals surface area contributed by atoms with E-state index in [9.17, 15) is 0 Å². The van der Waals surface area contributed by atoms with Gasteiger partial charge in [0, 0.05) is 39.4 Å². The zero-order valence-electron chi connectivity index (χ0n) is 18.2. The van der Waals surface area contributed by atoms with Crippen LogP contribution in [0.25, 0.3) is 0 Å². The molecule has 0 aliphatic carbocycles. The number of aromatic nitrogens is 1. The number of guanidine groups is 1. The number of ether oxygens (including phenoxy) is 1. The minimum atomic E-state index is 0. The van der Waals surface area contributed by atoms with Crippen molar-refractivity contribution in [1.29, 1.82) is 0 Å². The van der Waals surface area contributed by atoms with E-state index in [1.165, 1.54) is 5.56 Å². The fraction of sp³-hybridized carbons (Fsp3) is 0.455. The standard InChI is InChI=1S/C22H33N5O.HI/c1-6-27(7-2)21-11-10-19(15-25-21)16-26-22(23-4)24-13-12-18-9-8-17(3)20(14-18)28-5;/h8-11,14-15H,6-7,12-13,16H2,1-5H3,(H2,23,24,26);1H. The van der Waals surface area contributed by atoms with Crippen molar-refractivity contribution in [3.05, 3.63) is 53.2 Å². The molecule has 1 aromatic carbocycles. The van der Waals surface area contributed by atoms with Crippen LogP contribution in [-0.4, -0.2) is 44.7 Å². The maximum absolute atomic E-state index is 5.39. The maximum atomic E-state index is 5.39. The average Bonchev–Trinajstić information content (AvgIpc) is 2.73. The van der Waals surface area contributed by atoms with Gasteiger partial charge in [0.1, 0.15) is 11.6 Å². The van der Waals surface area contributed by atoms with E-state index in [-0.39, 0.29) is 24.0 Å². The first-order valence-electron chi connectivity index (χ1n) is 9.89. The summed E-state index contributed by atoms with van der Waals surface area (Å²) in [6.07, 6.45) is 2.82. The molecule has 29 heavy (non-hydrogen) atoms. The normalized spacial score (nSPS) is 10.9. The topological polar surface area (TPSA) is 61.8 Å². The highest BCUT2D eigenvalue weighted by Crippen LogP contribution is 2.19. The molecule has 0 fully saturated rings. The van der Waals surface area contributed by atoms with E-state index in [4.69, 9.17) is 4.74 Å². The second-order valence-electron chi connectivity index (χ2n) is 6.60. The van der Waals surface area contributed by atoms with E-state index in [0.717, 1.165) is 54.7 Å². The van der Waals surface area contributed by atoms with E-state index in [2.05, 4.69) is 76.6 Å². The summed E-state index contributed by atoms with van der Waals surface area (Å²) in [5, 5.41) is 6.70. The van der Waals surface area contributed by atoms with Crippen molar-refractivity contribution in [3.63, 3.8) is 0 Å². The Kier molecular flexibility index (Phi) is 11.4. The molecule has 0 saturated carbocycles. The summed E-state index contributed by atoms with van der Waals surface area (Å²) in [5.41, 5.74) is 3.51. The van der Waals surface area contributed by atoms with Crippen LogP contribution in [0.4, 0.5) is 5.82 Å². The van der Waals surface area contributed by atoms with Gasteiger partial charge in [-0.2, -0.15) is 0 Å². The number of hydrogen-bond acceptors (Lipinski definition) is 4. The lowest BCUT2D eigenvalue weighted by atomic mass is 10.1. The highest BCUT2D eigenvalue weighted by atomic mass is 127. The predicted molar refractivity (Wildman–Crippen MR) is 133 cm³/mol. The second-order valence-corrected chi connectivity index (χ2v) is 6.60. The Morgan fingerprint density at radius 2 is 1.83 bits per heavy atom. The minimum Gasteiger partial charge on any atom is -0.496 e. The number of aliphatic imine (C=N–C) groups is 1. The predicted octanol–water partition coefficient (Wildman–Crippen LogP) is 3.77. The molecule has 1 aromatic heterocycles. The van der Waals surface area contributed by atoms with Gasteiger partial charge in [0.25, 0.3) is 0 Å². The van der Waals surface area contributed by atoms with Crippen LogP contribution in [0, 0.1) is 6.92 Å². The van der Waals surface area contributed by atoms with Crippen LogP contribution in [0.3, 0.4) is 0 Å². The van der Waals surface area contributed by atoms with E-state index < -0.39 is 0 Å². The summed E-state index contributed by atoms with van der Waals surface area (Å²) in [7, 11) is 3.49. The fourth-order valence-corrected chi connectivity index (χ4v) is 3.01. The first kappa shape index (κ1) is 25.0. The quantitative estimate of drug-likeness (QED) is 0.305. The smallest absolute Gasteiger partial charge is 0.191 e. The Morgan fingerprint density at radius 1 is 1.10 bits per heavy atom. The molecule has 0 radical (unpaired) electrons. The van der Waals surface area contributed by atoms with Gasteiger partial charge in [0.05, 0.1) is 7.11 Å². The van der Waals surface area contributed by atoms with Gasteiger partial charge in [-0.05, 0) is 56.0 Å². The van der Waals surface area contributed by atoms with Gasteiger partial charge < -0.3 is 20.3 Å². The Bertz CT molecular complexity index is 760. The Labute approximate surface area is 192 Å². The van der Waals surface area contributed by atoms with Gasteiger partial charge in [-0.15, -0.1) is 24.0 Å². The Morgan fingerprint density at radius 3 is 2.41 bits per heavy atom. The molecule has 0 unspecified atom stereocenters. The number of hydrogen-bond donors (Lipinski definition) is 2. The van der Waals surface area contributed by atoms with Crippen molar-refractivity contribution < 1.29 is 4.74 Å². The number of rotatable bonds is 9. The zero-order chi connectivity index (χ0) is 20.4. The third kappa shape index (κ3) is 7.72. The third-order valence-electron chi connectivity index (χ3n) is 4.76. The number of pyridine rings is 1. The van der Waals surface area contributed by atoms with Crippen molar-refractivity contribution in [2.75, 3.05) is 38.7 Å². The van der Waals surface area contributed by atoms with E-state index in [1.807, 2.05) is 6.20 Å². The molecule has 1 heterocycles. The number of aryl methyl sites for hydroxylation is 1. The van der Waals surface area contributed by atoms with Crippen LogP contribution in [0.5, 0.6) is 5.75 Å². The first-order valence-corrected chi connectivity index (χ1v) is 9.89. The number of anilines is 1. The molecule has 0 aliphatic heterocycles. The molecule has 2 aromatic rings. The molecule has 7 heteroatoms. The summed E-state index contributed by atoms with van der Waals surface area (Å²) in [4.78, 5) is 11.1. The molecular weight excluding hydrogens is 477 g/mol. The SMILES string of the molecule is CCN(CC)c1ccc(CNC(=NC)NCCc2ccc(C)c(OC)c2)cn1.I. The molecule has 0 amide bonds. The van der Waals surface area contributed by atoms with Crippen LogP contribution in [-0.2, 0) is 13.0 Å². The number of nitrogens with zero attached hydrogens (tertiary/aromatic N) is 3. The summed E-state index contributed by atoms with van der Waals surface area (Å²) in [5.74, 6) is 2.73. The van der Waals surface area contributed by atoms with Gasteiger partial charge in [0.2, 0.25) is 0 Å². The molecule has 0 saturated heterocycles. The van der Waals surface area contributed by atoms with Crippen molar-refractivity contribution in [3.8, 4) is 5.75 Å². The molecule has 0 bridgehead atoms. The highest BCUT2D eigenvalue weighted by Gasteiger charge is 2.04. The van der Waals surface area contributed by atoms with Crippen LogP contribution < -0.4 is 20.3 Å². The van der Waals surface area contributed by atoms with Gasteiger partial charge in [0.15, 0.2) is 5.96 Å². The summed E-state index contributed by atoms with van der Waals surface area (Å²) < 4.78 is 5.39. The van der Waals surface area contributed by atoms with Crippen molar-refractivity contribution in [1.82, 2.24) is 15.6 Å². The molecule has 160 valence electrons. The van der Waals surface area contributed by atoms with Crippen molar-refractivity contribution in [2.45, 2.75) is 33.7 Å². The Hall–Kier alpha value is -2.03. The molecule has 6 nitrogen and oxygen atoms in total.